The second-order valence-electron chi connectivity index (χ2n) is 6.61. The van der Waals surface area contributed by atoms with Gasteiger partial charge in [0.1, 0.15) is 23.4 Å². The van der Waals surface area contributed by atoms with Crippen LogP contribution < -0.4 is 14.8 Å². The monoisotopic (exact) mass is 402 g/mol. The molecule has 0 fully saturated rings. The summed E-state index contributed by atoms with van der Waals surface area (Å²) in [6.45, 7) is 6.21. The van der Waals surface area contributed by atoms with E-state index >= 15 is 0 Å². The highest BCUT2D eigenvalue weighted by atomic mass is 16.5. The lowest BCUT2D eigenvalue weighted by Gasteiger charge is -2.18. The van der Waals surface area contributed by atoms with Crippen LogP contribution >= 0.6 is 0 Å². The Balaban J connectivity index is 2.24. The lowest BCUT2D eigenvalue weighted by atomic mass is 10.1. The van der Waals surface area contributed by atoms with Crippen LogP contribution in [0.4, 0.5) is 5.82 Å². The Kier molecular flexibility index (Phi) is 7.97. The largest absolute Gasteiger partial charge is 0.491 e. The van der Waals surface area contributed by atoms with E-state index in [-0.39, 0.29) is 23.6 Å². The SMILES string of the molecule is CC[C@H](C)Oc1cc(O[C@@H](C)COC)cc(C(=O)Nc2ccc(C(=O)O)cn2)c1. The molecule has 0 aliphatic rings. The molecule has 0 unspecified atom stereocenters. The van der Waals surface area contributed by atoms with Gasteiger partial charge < -0.3 is 24.6 Å². The first-order chi connectivity index (χ1) is 13.8. The molecule has 29 heavy (non-hydrogen) atoms. The van der Waals surface area contributed by atoms with E-state index < -0.39 is 11.9 Å². The van der Waals surface area contributed by atoms with E-state index in [0.29, 0.717) is 23.7 Å². The number of methoxy groups -OCH3 is 1. The summed E-state index contributed by atoms with van der Waals surface area (Å²) in [4.78, 5) is 27.6. The zero-order valence-corrected chi connectivity index (χ0v) is 17.0. The molecule has 0 radical (unpaired) electrons. The Hall–Kier alpha value is -3.13. The predicted molar refractivity (Wildman–Crippen MR) is 108 cm³/mol. The number of nitrogens with zero attached hydrogens (tertiary/aromatic N) is 1. The number of carboxylic acid groups (broad SMARTS) is 1. The summed E-state index contributed by atoms with van der Waals surface area (Å²) in [5.41, 5.74) is 0.365. The fourth-order valence-corrected chi connectivity index (χ4v) is 2.44. The Morgan fingerprint density at radius 2 is 1.72 bits per heavy atom. The van der Waals surface area contributed by atoms with Gasteiger partial charge in [-0.15, -0.1) is 0 Å². The molecule has 2 N–H and O–H groups in total. The zero-order valence-electron chi connectivity index (χ0n) is 17.0. The first-order valence-electron chi connectivity index (χ1n) is 9.30. The maximum Gasteiger partial charge on any atom is 0.337 e. The van der Waals surface area contributed by atoms with Gasteiger partial charge in [0, 0.05) is 24.9 Å². The molecule has 156 valence electrons. The van der Waals surface area contributed by atoms with Crippen molar-refractivity contribution in [3.63, 3.8) is 0 Å². The van der Waals surface area contributed by atoms with Crippen molar-refractivity contribution in [3.8, 4) is 11.5 Å². The van der Waals surface area contributed by atoms with Crippen LogP contribution in [0, 0.1) is 0 Å². The molecular weight excluding hydrogens is 376 g/mol. The quantitative estimate of drug-likeness (QED) is 0.625. The number of carbonyl (C=O) groups excluding carboxylic acids is 1. The molecule has 1 amide bonds. The molecule has 8 heteroatoms. The van der Waals surface area contributed by atoms with Gasteiger partial charge in [-0.3, -0.25) is 4.79 Å². The maximum absolute atomic E-state index is 12.7. The lowest BCUT2D eigenvalue weighted by Crippen LogP contribution is -2.19. The van der Waals surface area contributed by atoms with E-state index in [4.69, 9.17) is 19.3 Å². The number of rotatable bonds is 10. The second-order valence-corrected chi connectivity index (χ2v) is 6.61. The predicted octanol–water partition coefficient (Wildman–Crippen LogP) is 3.62. The number of hydrogen-bond acceptors (Lipinski definition) is 6. The molecule has 1 aromatic carbocycles. The number of ether oxygens (including phenoxy) is 3. The fourth-order valence-electron chi connectivity index (χ4n) is 2.44. The van der Waals surface area contributed by atoms with Crippen LogP contribution in [0.15, 0.2) is 36.5 Å². The number of pyridine rings is 1. The highest BCUT2D eigenvalue weighted by Gasteiger charge is 2.14. The molecule has 1 heterocycles. The van der Waals surface area contributed by atoms with E-state index in [2.05, 4.69) is 10.3 Å². The van der Waals surface area contributed by atoms with E-state index in [1.165, 1.54) is 18.3 Å². The van der Waals surface area contributed by atoms with Gasteiger partial charge in [0.25, 0.3) is 5.91 Å². The highest BCUT2D eigenvalue weighted by molar-refractivity contribution is 6.04. The van der Waals surface area contributed by atoms with Gasteiger partial charge in [-0.2, -0.15) is 0 Å². The third kappa shape index (κ3) is 6.76. The van der Waals surface area contributed by atoms with Crippen molar-refractivity contribution in [1.82, 2.24) is 4.98 Å². The number of hydrogen-bond donors (Lipinski definition) is 2. The molecule has 0 aliphatic carbocycles. The smallest absolute Gasteiger partial charge is 0.337 e. The van der Waals surface area contributed by atoms with Gasteiger partial charge >= 0.3 is 5.97 Å². The number of anilines is 1. The molecule has 0 aliphatic heterocycles. The number of aromatic nitrogens is 1. The van der Waals surface area contributed by atoms with Crippen LogP contribution in [0.1, 0.15) is 47.9 Å². The summed E-state index contributed by atoms with van der Waals surface area (Å²) < 4.78 is 16.8. The van der Waals surface area contributed by atoms with Gasteiger partial charge in [0.15, 0.2) is 0 Å². The number of carbonyl (C=O) groups is 2. The average molecular weight is 402 g/mol. The standard InChI is InChI=1S/C21H26N2O6/c1-5-13(2)28-17-8-16(9-18(10-17)29-14(3)12-27-4)20(24)23-19-7-6-15(11-22-19)21(25)26/h6-11,13-14H,5,12H2,1-4H3,(H,25,26)(H,22,23,24)/t13-,14-/m0/s1. The highest BCUT2D eigenvalue weighted by Crippen LogP contribution is 2.26. The van der Waals surface area contributed by atoms with E-state index in [1.807, 2.05) is 20.8 Å². The van der Waals surface area contributed by atoms with Crippen LogP contribution in [0.5, 0.6) is 11.5 Å². The van der Waals surface area contributed by atoms with E-state index in [9.17, 15) is 9.59 Å². The van der Waals surface area contributed by atoms with E-state index in [1.54, 1.807) is 25.3 Å². The van der Waals surface area contributed by atoms with Gasteiger partial charge in [-0.25, -0.2) is 9.78 Å². The van der Waals surface area contributed by atoms with Crippen molar-refractivity contribution in [3.05, 3.63) is 47.7 Å². The number of nitrogens with one attached hydrogen (secondary N) is 1. The first kappa shape index (κ1) is 22.2. The molecule has 1 aromatic heterocycles. The summed E-state index contributed by atoms with van der Waals surface area (Å²) in [7, 11) is 1.59. The Labute approximate surface area is 169 Å². The van der Waals surface area contributed by atoms with Crippen LogP contribution in [0.2, 0.25) is 0 Å². The molecule has 0 saturated carbocycles. The molecule has 0 bridgehead atoms. The Morgan fingerprint density at radius 3 is 2.24 bits per heavy atom. The minimum atomic E-state index is -1.09. The summed E-state index contributed by atoms with van der Waals surface area (Å²) in [5.74, 6) is -0.268. The van der Waals surface area contributed by atoms with Crippen molar-refractivity contribution >= 4 is 17.7 Å². The van der Waals surface area contributed by atoms with Gasteiger partial charge in [0.2, 0.25) is 0 Å². The first-order valence-corrected chi connectivity index (χ1v) is 9.30. The third-order valence-corrected chi connectivity index (χ3v) is 4.05. The molecule has 8 nitrogen and oxygen atoms in total. The minimum Gasteiger partial charge on any atom is -0.491 e. The fraction of sp³-hybridized carbons (Fsp3) is 0.381. The summed E-state index contributed by atoms with van der Waals surface area (Å²) >= 11 is 0. The van der Waals surface area contributed by atoms with Crippen molar-refractivity contribution < 1.29 is 28.9 Å². The number of benzene rings is 1. The van der Waals surface area contributed by atoms with E-state index in [0.717, 1.165) is 6.42 Å². The molecule has 2 atom stereocenters. The van der Waals surface area contributed by atoms with Crippen molar-refractivity contribution in [2.45, 2.75) is 39.4 Å². The molecule has 2 aromatic rings. The van der Waals surface area contributed by atoms with Gasteiger partial charge in [-0.05, 0) is 44.5 Å². The molecular formula is C21H26N2O6. The number of carboxylic acids is 1. The van der Waals surface area contributed by atoms with Crippen molar-refractivity contribution in [2.24, 2.45) is 0 Å². The summed E-state index contributed by atoms with van der Waals surface area (Å²) in [6, 6.07) is 7.76. The third-order valence-electron chi connectivity index (χ3n) is 4.05. The number of amides is 1. The molecule has 0 saturated heterocycles. The summed E-state index contributed by atoms with van der Waals surface area (Å²) in [6.07, 6.45) is 1.76. The van der Waals surface area contributed by atoms with Crippen LogP contribution in [0.25, 0.3) is 0 Å². The Morgan fingerprint density at radius 1 is 1.07 bits per heavy atom. The zero-order chi connectivity index (χ0) is 21.4. The average Bonchev–Trinajstić information content (AvgIpc) is 2.68. The van der Waals surface area contributed by atoms with Crippen LogP contribution in [-0.4, -0.2) is 47.9 Å². The molecule has 0 spiro atoms. The number of aromatic carboxylic acids is 1. The van der Waals surface area contributed by atoms with Crippen LogP contribution in [0.3, 0.4) is 0 Å². The van der Waals surface area contributed by atoms with Gasteiger partial charge in [-0.1, -0.05) is 6.92 Å². The lowest BCUT2D eigenvalue weighted by molar-refractivity contribution is 0.0696. The molecule has 2 rings (SSSR count). The normalized spacial score (nSPS) is 12.7. The van der Waals surface area contributed by atoms with Crippen LogP contribution in [-0.2, 0) is 4.74 Å². The maximum atomic E-state index is 12.7. The Bertz CT molecular complexity index is 838. The summed E-state index contributed by atoms with van der Waals surface area (Å²) in [5, 5.41) is 11.6. The topological polar surface area (TPSA) is 107 Å². The minimum absolute atomic E-state index is 0.0252. The second kappa shape index (κ2) is 10.4. The van der Waals surface area contributed by atoms with Crippen molar-refractivity contribution in [2.75, 3.05) is 19.0 Å². The van der Waals surface area contributed by atoms with Crippen molar-refractivity contribution in [1.29, 1.82) is 0 Å². The van der Waals surface area contributed by atoms with Gasteiger partial charge in [0.05, 0.1) is 18.3 Å².